The van der Waals surface area contributed by atoms with Crippen molar-refractivity contribution in [1.29, 1.82) is 0 Å². The predicted molar refractivity (Wildman–Crippen MR) is 235 cm³/mol. The van der Waals surface area contributed by atoms with E-state index in [1.165, 1.54) is 98.1 Å². The Morgan fingerprint density at radius 1 is 0.204 bits per heavy atom. The maximum atomic E-state index is 2.27. The van der Waals surface area contributed by atoms with E-state index in [1.807, 2.05) is 22.7 Å². The molecule has 0 unspecified atom stereocenters. The highest BCUT2D eigenvalue weighted by atomic mass is 32.1. The van der Waals surface area contributed by atoms with Gasteiger partial charge in [-0.25, -0.2) is 0 Å². The van der Waals surface area contributed by atoms with Crippen LogP contribution in [-0.2, 0) is 0 Å². The highest BCUT2D eigenvalue weighted by Crippen LogP contribution is 2.37. The first-order chi connectivity index (χ1) is 26.7. The molecule has 254 valence electrons. The molecule has 54 heavy (non-hydrogen) atoms. The topological polar surface area (TPSA) is 0 Å². The van der Waals surface area contributed by atoms with Gasteiger partial charge in [-0.05, 0) is 89.7 Å². The van der Waals surface area contributed by atoms with Crippen molar-refractivity contribution in [3.05, 3.63) is 205 Å². The Morgan fingerprint density at radius 3 is 0.648 bits per heavy atom. The van der Waals surface area contributed by atoms with E-state index in [0.29, 0.717) is 0 Å². The molecule has 0 saturated carbocycles. The Hall–Kier alpha value is -6.32. The van der Waals surface area contributed by atoms with Gasteiger partial charge in [0.2, 0.25) is 0 Å². The first kappa shape index (κ1) is 32.3. The molecule has 2 heteroatoms. The summed E-state index contributed by atoms with van der Waals surface area (Å²) >= 11 is 3.62. The van der Waals surface area contributed by atoms with E-state index in [4.69, 9.17) is 0 Å². The van der Waals surface area contributed by atoms with Crippen molar-refractivity contribution in [1.82, 2.24) is 0 Å². The Morgan fingerprint density at radius 2 is 0.407 bits per heavy atom. The normalized spacial score (nSPS) is 11.3. The highest BCUT2D eigenvalue weighted by Gasteiger charge is 2.09. The van der Waals surface area contributed by atoms with Crippen LogP contribution in [0, 0.1) is 0 Å². The van der Waals surface area contributed by atoms with Crippen molar-refractivity contribution in [2.24, 2.45) is 0 Å². The van der Waals surface area contributed by atoms with Crippen LogP contribution in [0.2, 0.25) is 0 Å². The molecule has 10 rings (SSSR count). The molecule has 0 atom stereocenters. The Balaban J connectivity index is 0.796. The minimum Gasteiger partial charge on any atom is -0.143 e. The van der Waals surface area contributed by atoms with Crippen LogP contribution in [0.4, 0.5) is 0 Å². The first-order valence-electron chi connectivity index (χ1n) is 18.3. The van der Waals surface area contributed by atoms with Crippen molar-refractivity contribution in [3.8, 4) is 77.9 Å². The third-order valence-corrected chi connectivity index (χ3v) is 12.5. The molecule has 2 aromatic heterocycles. The van der Waals surface area contributed by atoms with Crippen molar-refractivity contribution >= 4 is 42.8 Å². The molecule has 0 aliphatic carbocycles. The van der Waals surface area contributed by atoms with E-state index in [-0.39, 0.29) is 0 Å². The van der Waals surface area contributed by atoms with E-state index < -0.39 is 0 Å². The van der Waals surface area contributed by atoms with Crippen molar-refractivity contribution in [2.75, 3.05) is 0 Å². The number of thiophene rings is 2. The van der Waals surface area contributed by atoms with Crippen LogP contribution in [0.15, 0.2) is 205 Å². The second-order valence-corrected chi connectivity index (χ2v) is 15.6. The molecule has 0 saturated heterocycles. The van der Waals surface area contributed by atoms with Gasteiger partial charge in [0.1, 0.15) is 0 Å². The molecule has 0 bridgehead atoms. The molecule has 0 fully saturated rings. The lowest BCUT2D eigenvalue weighted by atomic mass is 9.95. The SMILES string of the molecule is c1ccc2c(-c3ccc(-c4ccc(-c5ccc(-c6ccc(-c7ccc(-c8ccc(-c9csc%10ccccc9%10)cc8)cc7)cc6)cc5)cc4)cc3)csc2c1. The minimum absolute atomic E-state index is 1.22. The van der Waals surface area contributed by atoms with Crippen molar-refractivity contribution in [3.63, 3.8) is 0 Å². The average Bonchev–Trinajstić information content (AvgIpc) is 3.89. The molecule has 0 spiro atoms. The summed E-state index contributed by atoms with van der Waals surface area (Å²) in [6.45, 7) is 0. The van der Waals surface area contributed by atoms with Crippen LogP contribution in [0.5, 0.6) is 0 Å². The standard InChI is InChI=1S/C52H34S2/c1-3-7-51-47(5-1)49(33-53-51)45-29-25-43(26-30-45)41-21-17-39(18-22-41)37-13-9-35(10-14-37)36-11-15-38(16-12-36)40-19-23-42(24-20-40)44-27-31-46(32-28-44)50-34-54-52-8-4-2-6-48(50)52/h1-34H. The van der Waals surface area contributed by atoms with Crippen molar-refractivity contribution < 1.29 is 0 Å². The average molecular weight is 723 g/mol. The fourth-order valence-corrected chi connectivity index (χ4v) is 9.45. The van der Waals surface area contributed by atoms with Crippen LogP contribution < -0.4 is 0 Å². The van der Waals surface area contributed by atoms with E-state index >= 15 is 0 Å². The van der Waals surface area contributed by atoms with E-state index in [9.17, 15) is 0 Å². The lowest BCUT2D eigenvalue weighted by molar-refractivity contribution is 1.56. The summed E-state index contributed by atoms with van der Waals surface area (Å²) in [7, 11) is 0. The van der Waals surface area contributed by atoms with Gasteiger partial charge in [0.25, 0.3) is 0 Å². The highest BCUT2D eigenvalue weighted by molar-refractivity contribution is 7.18. The lowest BCUT2D eigenvalue weighted by Crippen LogP contribution is -1.84. The Kier molecular flexibility index (Phi) is 8.33. The number of hydrogen-bond donors (Lipinski definition) is 0. The van der Waals surface area contributed by atoms with E-state index in [0.717, 1.165) is 0 Å². The smallest absolute Gasteiger partial charge is 0.0349 e. The molecule has 8 aromatic carbocycles. The fourth-order valence-electron chi connectivity index (χ4n) is 7.51. The van der Waals surface area contributed by atoms with E-state index in [2.05, 4.69) is 205 Å². The first-order valence-corrected chi connectivity index (χ1v) is 20.0. The number of benzene rings is 8. The molecular weight excluding hydrogens is 689 g/mol. The number of rotatable bonds is 7. The zero-order chi connectivity index (χ0) is 35.8. The van der Waals surface area contributed by atoms with E-state index in [1.54, 1.807) is 0 Å². The van der Waals surface area contributed by atoms with Crippen LogP contribution in [0.25, 0.3) is 98.1 Å². The second kappa shape index (κ2) is 13.9. The van der Waals surface area contributed by atoms with Gasteiger partial charge in [0, 0.05) is 31.3 Å². The molecule has 10 aromatic rings. The minimum atomic E-state index is 1.22. The Bertz CT molecular complexity index is 2650. The van der Waals surface area contributed by atoms with Gasteiger partial charge in [-0.2, -0.15) is 0 Å². The van der Waals surface area contributed by atoms with Gasteiger partial charge in [0.15, 0.2) is 0 Å². The molecule has 0 aliphatic rings. The maximum Gasteiger partial charge on any atom is 0.0349 e. The summed E-state index contributed by atoms with van der Waals surface area (Å²) < 4.78 is 2.66. The molecule has 0 radical (unpaired) electrons. The molecule has 2 heterocycles. The van der Waals surface area contributed by atoms with Gasteiger partial charge < -0.3 is 0 Å². The summed E-state index contributed by atoms with van der Waals surface area (Å²) in [5.74, 6) is 0. The van der Waals surface area contributed by atoms with Gasteiger partial charge >= 0.3 is 0 Å². The maximum absolute atomic E-state index is 2.27. The summed E-state index contributed by atoms with van der Waals surface area (Å²) in [5.41, 5.74) is 17.4. The fraction of sp³-hybridized carbons (Fsp3) is 0. The number of fused-ring (bicyclic) bond motifs is 2. The van der Waals surface area contributed by atoms with Crippen molar-refractivity contribution in [2.45, 2.75) is 0 Å². The Labute approximate surface area is 323 Å². The summed E-state index contributed by atoms with van der Waals surface area (Å²) in [4.78, 5) is 0. The van der Waals surface area contributed by atoms with Crippen LogP contribution in [0.1, 0.15) is 0 Å². The second-order valence-electron chi connectivity index (χ2n) is 13.8. The molecule has 0 N–H and O–H groups in total. The summed E-state index contributed by atoms with van der Waals surface area (Å²) in [6.07, 6.45) is 0. The molecule has 0 aliphatic heterocycles. The third kappa shape index (κ3) is 6.16. The zero-order valence-corrected chi connectivity index (χ0v) is 31.1. The van der Waals surface area contributed by atoms with Gasteiger partial charge in [-0.15, -0.1) is 22.7 Å². The number of hydrogen-bond acceptors (Lipinski definition) is 2. The summed E-state index contributed by atoms with van der Waals surface area (Å²) in [6, 6.07) is 70.8. The lowest BCUT2D eigenvalue weighted by Gasteiger charge is -2.09. The molecule has 0 nitrogen and oxygen atoms in total. The van der Waals surface area contributed by atoms with Crippen LogP contribution in [-0.4, -0.2) is 0 Å². The predicted octanol–water partition coefficient (Wildman–Crippen LogP) is 15.8. The largest absolute Gasteiger partial charge is 0.143 e. The zero-order valence-electron chi connectivity index (χ0n) is 29.4. The van der Waals surface area contributed by atoms with Gasteiger partial charge in [0.05, 0.1) is 0 Å². The van der Waals surface area contributed by atoms with Crippen LogP contribution in [0.3, 0.4) is 0 Å². The van der Waals surface area contributed by atoms with Gasteiger partial charge in [-0.3, -0.25) is 0 Å². The van der Waals surface area contributed by atoms with Crippen LogP contribution >= 0.6 is 22.7 Å². The quantitative estimate of drug-likeness (QED) is 0.154. The molecule has 0 amide bonds. The molecular formula is C52H34S2. The third-order valence-electron chi connectivity index (χ3n) is 10.6. The monoisotopic (exact) mass is 722 g/mol. The van der Waals surface area contributed by atoms with Gasteiger partial charge in [-0.1, -0.05) is 182 Å². The summed E-state index contributed by atoms with van der Waals surface area (Å²) in [5, 5.41) is 7.18.